The summed E-state index contributed by atoms with van der Waals surface area (Å²) in [6.07, 6.45) is 3.23. The molecule has 1 unspecified atom stereocenters. The van der Waals surface area contributed by atoms with Crippen LogP contribution >= 0.6 is 0 Å². The first-order valence-electron chi connectivity index (χ1n) is 5.74. The Kier molecular flexibility index (Phi) is 3.42. The molecule has 3 heterocycles. The van der Waals surface area contributed by atoms with Gasteiger partial charge in [0.2, 0.25) is 0 Å². The quantitative estimate of drug-likeness (QED) is 0.660. The lowest BCUT2D eigenvalue weighted by Gasteiger charge is -2.44. The van der Waals surface area contributed by atoms with Crippen molar-refractivity contribution in [1.29, 1.82) is 0 Å². The molecule has 14 heavy (non-hydrogen) atoms. The molecule has 3 rings (SSSR count). The van der Waals surface area contributed by atoms with E-state index in [1.54, 1.807) is 0 Å². The summed E-state index contributed by atoms with van der Waals surface area (Å²) in [5, 5.41) is 0. The Morgan fingerprint density at radius 3 is 2.50 bits per heavy atom. The first-order valence-corrected chi connectivity index (χ1v) is 5.74. The molecule has 3 aliphatic rings. The number of fused-ring (bicyclic) bond motifs is 3. The molecule has 0 aromatic rings. The van der Waals surface area contributed by atoms with Crippen LogP contribution in [0.1, 0.15) is 12.8 Å². The number of rotatable bonds is 4. The normalized spacial score (nSPS) is 36.6. The van der Waals surface area contributed by atoms with Gasteiger partial charge in [-0.15, -0.1) is 0 Å². The van der Waals surface area contributed by atoms with Gasteiger partial charge in [-0.3, -0.25) is 0 Å². The van der Waals surface area contributed by atoms with E-state index in [4.69, 9.17) is 4.74 Å². The zero-order chi connectivity index (χ0) is 9.97. The van der Waals surface area contributed by atoms with Gasteiger partial charge in [-0.1, -0.05) is 0 Å². The monoisotopic (exact) mass is 198 g/mol. The molecule has 2 bridgehead atoms. The molecule has 82 valence electrons. The fourth-order valence-electron chi connectivity index (χ4n) is 2.49. The lowest BCUT2D eigenvalue weighted by molar-refractivity contribution is -0.0715. The maximum Gasteiger partial charge on any atom is 0.0731 e. The Bertz CT molecular complexity index is 176. The number of likely N-dealkylation sites (N-methyl/N-ethyl adjacent to an activating group) is 1. The maximum absolute atomic E-state index is 5.94. The molecular formula is C11H22N2O. The zero-order valence-corrected chi connectivity index (χ0v) is 9.41. The van der Waals surface area contributed by atoms with Crippen LogP contribution in [0, 0.1) is 5.92 Å². The smallest absolute Gasteiger partial charge is 0.0731 e. The largest absolute Gasteiger partial charge is 0.375 e. The van der Waals surface area contributed by atoms with Crippen molar-refractivity contribution in [3.63, 3.8) is 0 Å². The van der Waals surface area contributed by atoms with Gasteiger partial charge in [0, 0.05) is 13.1 Å². The van der Waals surface area contributed by atoms with Crippen LogP contribution in [-0.4, -0.2) is 62.8 Å². The minimum atomic E-state index is 0.525. The Balaban J connectivity index is 1.71. The summed E-state index contributed by atoms with van der Waals surface area (Å²) in [6.45, 7) is 5.72. The van der Waals surface area contributed by atoms with Crippen LogP contribution in [0.3, 0.4) is 0 Å². The summed E-state index contributed by atoms with van der Waals surface area (Å²) < 4.78 is 5.94. The lowest BCUT2D eigenvalue weighted by Crippen LogP contribution is -2.51. The number of hydrogen-bond acceptors (Lipinski definition) is 3. The van der Waals surface area contributed by atoms with Gasteiger partial charge in [0.1, 0.15) is 0 Å². The maximum atomic E-state index is 5.94. The van der Waals surface area contributed by atoms with Crippen LogP contribution in [0.5, 0.6) is 0 Å². The van der Waals surface area contributed by atoms with Crippen LogP contribution in [-0.2, 0) is 4.74 Å². The predicted molar refractivity (Wildman–Crippen MR) is 57.5 cm³/mol. The van der Waals surface area contributed by atoms with E-state index in [9.17, 15) is 0 Å². The summed E-state index contributed by atoms with van der Waals surface area (Å²) in [7, 11) is 4.19. The van der Waals surface area contributed by atoms with Crippen molar-refractivity contribution in [2.24, 2.45) is 5.92 Å². The molecule has 0 amide bonds. The molecule has 0 aliphatic carbocycles. The van der Waals surface area contributed by atoms with Gasteiger partial charge in [0.15, 0.2) is 0 Å². The van der Waals surface area contributed by atoms with Gasteiger partial charge in [-0.2, -0.15) is 0 Å². The Hall–Kier alpha value is -0.120. The Morgan fingerprint density at radius 1 is 1.29 bits per heavy atom. The fourth-order valence-corrected chi connectivity index (χ4v) is 2.49. The van der Waals surface area contributed by atoms with Crippen molar-refractivity contribution in [3.8, 4) is 0 Å². The van der Waals surface area contributed by atoms with Crippen molar-refractivity contribution >= 4 is 0 Å². The van der Waals surface area contributed by atoms with Crippen molar-refractivity contribution in [3.05, 3.63) is 0 Å². The number of ether oxygens (including phenoxy) is 1. The topological polar surface area (TPSA) is 15.7 Å². The van der Waals surface area contributed by atoms with E-state index in [0.29, 0.717) is 6.10 Å². The average Bonchev–Trinajstić information content (AvgIpc) is 2.19. The minimum absolute atomic E-state index is 0.525. The predicted octanol–water partition coefficient (Wildman–Crippen LogP) is 0.659. The molecule has 0 radical (unpaired) electrons. The third-order valence-corrected chi connectivity index (χ3v) is 3.47. The highest BCUT2D eigenvalue weighted by molar-refractivity contribution is 4.87. The summed E-state index contributed by atoms with van der Waals surface area (Å²) >= 11 is 0. The molecule has 0 N–H and O–H groups in total. The van der Waals surface area contributed by atoms with E-state index in [0.717, 1.165) is 19.1 Å². The van der Waals surface area contributed by atoms with Crippen molar-refractivity contribution in [2.75, 3.05) is 46.9 Å². The number of nitrogens with zero attached hydrogens (tertiary/aromatic N) is 2. The first kappa shape index (κ1) is 10.4. The summed E-state index contributed by atoms with van der Waals surface area (Å²) in [4.78, 5) is 4.72. The second kappa shape index (κ2) is 4.60. The average molecular weight is 198 g/mol. The second-order valence-electron chi connectivity index (χ2n) is 4.85. The SMILES string of the molecule is CN(C)CCOC1CN2CCC1CC2. The third kappa shape index (κ3) is 2.47. The van der Waals surface area contributed by atoms with Crippen LogP contribution in [0.15, 0.2) is 0 Å². The zero-order valence-electron chi connectivity index (χ0n) is 9.41. The molecule has 0 aromatic heterocycles. The summed E-state index contributed by atoms with van der Waals surface area (Å²) in [5.74, 6) is 0.849. The highest BCUT2D eigenvalue weighted by Crippen LogP contribution is 2.29. The van der Waals surface area contributed by atoms with Gasteiger partial charge < -0.3 is 14.5 Å². The van der Waals surface area contributed by atoms with Crippen LogP contribution in [0.4, 0.5) is 0 Å². The van der Waals surface area contributed by atoms with E-state index in [1.165, 1.54) is 32.5 Å². The second-order valence-corrected chi connectivity index (χ2v) is 4.85. The van der Waals surface area contributed by atoms with Gasteiger partial charge >= 0.3 is 0 Å². The van der Waals surface area contributed by atoms with Crippen molar-refractivity contribution < 1.29 is 4.74 Å². The highest BCUT2D eigenvalue weighted by atomic mass is 16.5. The molecular weight excluding hydrogens is 176 g/mol. The van der Waals surface area contributed by atoms with E-state index < -0.39 is 0 Å². The van der Waals surface area contributed by atoms with Crippen LogP contribution in [0.25, 0.3) is 0 Å². The number of piperidine rings is 3. The Morgan fingerprint density at radius 2 is 2.00 bits per heavy atom. The van der Waals surface area contributed by atoms with Crippen molar-refractivity contribution in [1.82, 2.24) is 9.80 Å². The molecule has 3 nitrogen and oxygen atoms in total. The van der Waals surface area contributed by atoms with E-state index in [-0.39, 0.29) is 0 Å². The highest BCUT2D eigenvalue weighted by Gasteiger charge is 2.34. The van der Waals surface area contributed by atoms with Gasteiger partial charge in [0.25, 0.3) is 0 Å². The minimum Gasteiger partial charge on any atom is -0.375 e. The van der Waals surface area contributed by atoms with Gasteiger partial charge in [-0.05, 0) is 45.9 Å². The Labute approximate surface area is 87.0 Å². The van der Waals surface area contributed by atoms with Crippen LogP contribution < -0.4 is 0 Å². The molecule has 3 fully saturated rings. The molecule has 0 spiro atoms. The van der Waals surface area contributed by atoms with Gasteiger partial charge in [0.05, 0.1) is 12.7 Å². The van der Waals surface area contributed by atoms with E-state index >= 15 is 0 Å². The van der Waals surface area contributed by atoms with Crippen molar-refractivity contribution in [2.45, 2.75) is 18.9 Å². The third-order valence-electron chi connectivity index (χ3n) is 3.47. The van der Waals surface area contributed by atoms with Crippen LogP contribution in [0.2, 0.25) is 0 Å². The van der Waals surface area contributed by atoms with E-state index in [2.05, 4.69) is 23.9 Å². The number of hydrogen-bond donors (Lipinski definition) is 0. The standard InChI is InChI=1S/C11H22N2O/c1-12(2)7-8-14-11-9-13-5-3-10(11)4-6-13/h10-11H,3-9H2,1-2H3. The summed E-state index contributed by atoms with van der Waals surface area (Å²) in [5.41, 5.74) is 0. The summed E-state index contributed by atoms with van der Waals surface area (Å²) in [6, 6.07) is 0. The van der Waals surface area contributed by atoms with E-state index in [1.807, 2.05) is 0 Å². The molecule has 1 atom stereocenters. The van der Waals surface area contributed by atoms with Gasteiger partial charge in [-0.25, -0.2) is 0 Å². The first-order chi connectivity index (χ1) is 6.75. The molecule has 0 saturated carbocycles. The molecule has 3 saturated heterocycles. The molecule has 0 aromatic carbocycles. The molecule has 3 aliphatic heterocycles. The fraction of sp³-hybridized carbons (Fsp3) is 1.00. The molecule has 3 heteroatoms. The lowest BCUT2D eigenvalue weighted by atomic mass is 9.86.